The maximum Gasteiger partial charge on any atom is 0.248 e. The van der Waals surface area contributed by atoms with E-state index in [0.29, 0.717) is 11.3 Å². The van der Waals surface area contributed by atoms with Crippen LogP contribution in [0.2, 0.25) is 10.0 Å². The zero-order chi connectivity index (χ0) is 87.6. The topological polar surface area (TPSA) is 582 Å². The second kappa shape index (κ2) is 36.7. The van der Waals surface area contributed by atoms with Gasteiger partial charge in [-0.1, -0.05) is 90.8 Å². The third-order valence-corrected chi connectivity index (χ3v) is 21.8. The van der Waals surface area contributed by atoms with Crippen LogP contribution in [0.15, 0.2) is 140 Å². The van der Waals surface area contributed by atoms with E-state index in [2.05, 4.69) is 58.2 Å². The van der Waals surface area contributed by atoms with Crippen molar-refractivity contribution in [2.45, 2.75) is 156 Å². The van der Waals surface area contributed by atoms with Crippen LogP contribution >= 0.6 is 23.2 Å². The summed E-state index contributed by atoms with van der Waals surface area (Å²) in [6, 6.07) is 15.0. The molecular formula is C82H88Cl2N14O24. The second-order valence-electron chi connectivity index (χ2n) is 30.6. The van der Waals surface area contributed by atoms with E-state index in [-0.39, 0.29) is 51.9 Å². The highest BCUT2D eigenvalue weighted by atomic mass is 35.5. The van der Waals surface area contributed by atoms with Gasteiger partial charge in [-0.25, -0.2) is 4.68 Å². The molecule has 644 valence electrons. The van der Waals surface area contributed by atoms with Gasteiger partial charge in [0.15, 0.2) is 23.9 Å². The van der Waals surface area contributed by atoms with Crippen LogP contribution in [0, 0.1) is 5.92 Å². The van der Waals surface area contributed by atoms with Gasteiger partial charge < -0.3 is 134 Å². The van der Waals surface area contributed by atoms with Crippen molar-refractivity contribution >= 4 is 82.1 Å². The Morgan fingerprint density at radius 1 is 0.705 bits per heavy atom. The van der Waals surface area contributed by atoms with Gasteiger partial charge in [0.25, 0.3) is 0 Å². The molecule has 7 aromatic carbocycles. The van der Waals surface area contributed by atoms with Gasteiger partial charge in [0.1, 0.15) is 101 Å². The Hall–Kier alpha value is -12.2. The van der Waals surface area contributed by atoms with Crippen molar-refractivity contribution in [3.05, 3.63) is 178 Å². The number of phenolic OH excluding ortho intramolecular Hbond substituents is 3. The van der Waals surface area contributed by atoms with Crippen LogP contribution in [0.1, 0.15) is 105 Å². The molecule has 3 unspecified atom stereocenters. The molecule has 9 amide bonds. The maximum absolute atomic E-state index is 16.3. The number of benzene rings is 7. The molecular weight excluding hydrogens is 1640 g/mol. The Morgan fingerprint density at radius 3 is 1.98 bits per heavy atom. The van der Waals surface area contributed by atoms with E-state index in [0.717, 1.165) is 72.4 Å². The highest BCUT2D eigenvalue weighted by molar-refractivity contribution is 6.32. The standard InChI is InChI=1S/C82H88Cl2N14O24/c1-34(2)21-48(87-5)74(110)94-65-67(105)38-14-19-53(46(83)23-38)118-55-25-40-26-56(71(55)122-81-72(70(108)69(107)57(33-99)120-81)121-60-30-82(4,86)73(109)35(3)117-60)119-54-20-15-39(24-47(54)84)68(106)66-80(116)93-64(76(112)88-31-59(104)89-41-16-11-36(12-17-41)50-32-98(97-96-50)42-9-7-6-8-10-42)45-27-43(100)28-52(102)61(45)44-22-37(13-18-51(44)101)62(77(113)95-66)92-78(114)63(40)91-75(111)49(29-58(85)103)90-79(65)115/h6-20,22-28,32,34-35,48-49,57,60,62-70,72-73,81,87,99-102,105-109H,21,29-31,33,86H2,1-5H3,(H2,85,103)(H,88,112)(H,89,104)(H,90,115)(H,91,111)(H,92,114)(H,93,116)(H,94,110)(H,95,113)/t35-,48+,49-,57+,60?,62+,63?,64?,65+,66-,67+,68+,69+,70-,72+,73+,81-,82-/m0/s1. The zero-order valence-electron chi connectivity index (χ0n) is 65.6. The van der Waals surface area contributed by atoms with Gasteiger partial charge in [-0.3, -0.25) is 43.2 Å². The van der Waals surface area contributed by atoms with Gasteiger partial charge in [0, 0.05) is 40.4 Å². The van der Waals surface area contributed by atoms with Gasteiger partial charge in [0.05, 0.1) is 59.8 Å². The lowest BCUT2D eigenvalue weighted by molar-refractivity contribution is -0.333. The minimum absolute atomic E-state index is 0.114. The van der Waals surface area contributed by atoms with Crippen molar-refractivity contribution in [1.29, 1.82) is 0 Å². The predicted molar refractivity (Wildman–Crippen MR) is 430 cm³/mol. The number of aromatic nitrogens is 3. The molecule has 0 radical (unpaired) electrons. The molecule has 8 aromatic rings. The van der Waals surface area contributed by atoms with Crippen molar-refractivity contribution in [3.8, 4) is 74.1 Å². The Bertz CT molecular complexity index is 5340. The molecule has 11 bridgehead atoms. The summed E-state index contributed by atoms with van der Waals surface area (Å²) in [6.45, 7) is 4.81. The SMILES string of the molecule is CN[C@H](CC(C)C)C(=O)N[C@H]1C(=O)N[C@@H](CC(N)=O)C(=O)NC2C(=O)N[C@H]3C(=O)N[C@H](C(=O)NC(C(=O)NCC(=O)Nc4ccc(-c5cn(-c6ccccc6)nn5)cc4)c4cc(O)cc(O)c4-c4cc3ccc4O)[C@H](O)c3ccc(c(Cl)c3)Oc3cc2cc(c3O[C@@H]2O[C@H](CO)[C@@H](O)[C@H](O)[C@H]2OC2C[C@](C)(N)[C@H](O)[C@H](C)O2)Oc2ccc(cc2Cl)[C@H]1O. The number of likely N-dealkylation sites (N-methyl/N-ethyl adjacent to an activating group) is 1. The van der Waals surface area contributed by atoms with E-state index in [1.54, 1.807) is 35.1 Å². The normalized spacial score (nSPS) is 26.3. The number of aliphatic hydroxyl groups excluding tert-OH is 6. The first-order valence-electron chi connectivity index (χ1n) is 38.4. The van der Waals surface area contributed by atoms with Crippen LogP contribution in [0.4, 0.5) is 5.69 Å². The maximum atomic E-state index is 16.3. The molecule has 0 aliphatic carbocycles. The molecule has 1 aromatic heterocycles. The number of nitrogens with zero attached hydrogens (tertiary/aromatic N) is 3. The molecule has 0 saturated carbocycles. The Labute approximate surface area is 704 Å². The van der Waals surface area contributed by atoms with Crippen molar-refractivity contribution < 1.29 is 118 Å². The molecule has 122 heavy (non-hydrogen) atoms. The van der Waals surface area contributed by atoms with Crippen LogP contribution in [0.25, 0.3) is 28.1 Å². The molecule has 2 fully saturated rings. The Morgan fingerprint density at radius 2 is 1.34 bits per heavy atom. The molecule has 0 spiro atoms. The number of nitrogens with one attached hydrogen (secondary N) is 9. The second-order valence-corrected chi connectivity index (χ2v) is 31.4. The number of aliphatic hydroxyl groups is 6. The predicted octanol–water partition coefficient (Wildman–Crippen LogP) is 2.02. The molecule has 7 aliphatic rings. The number of hydrogen-bond donors (Lipinski definition) is 20. The summed E-state index contributed by atoms with van der Waals surface area (Å²) in [7, 11) is 1.47. The minimum Gasteiger partial charge on any atom is -0.508 e. The molecule has 15 rings (SSSR count). The van der Waals surface area contributed by atoms with Crippen LogP contribution in [-0.2, 0) is 57.4 Å². The number of ether oxygens (including phenoxy) is 6. The molecule has 18 atom stereocenters. The molecule has 2 saturated heterocycles. The number of amides is 9. The number of halogens is 2. The lowest BCUT2D eigenvalue weighted by Crippen LogP contribution is -2.64. The number of carbonyl (C=O) groups excluding carboxylic acids is 9. The fraction of sp³-hybridized carbons (Fsp3) is 0.354. The summed E-state index contributed by atoms with van der Waals surface area (Å²) in [4.78, 5) is 135. The van der Waals surface area contributed by atoms with Gasteiger partial charge in [-0.2, -0.15) is 0 Å². The van der Waals surface area contributed by atoms with Crippen LogP contribution in [-0.4, -0.2) is 213 Å². The molecule has 40 heteroatoms. The van der Waals surface area contributed by atoms with Gasteiger partial charge in [-0.15, -0.1) is 5.10 Å². The van der Waals surface area contributed by atoms with E-state index >= 15 is 28.8 Å². The molecule has 8 heterocycles. The lowest BCUT2D eigenvalue weighted by Gasteiger charge is -2.47. The first-order chi connectivity index (χ1) is 58.0. The highest BCUT2D eigenvalue weighted by Crippen LogP contribution is 2.50. The van der Waals surface area contributed by atoms with Crippen molar-refractivity contribution in [2.75, 3.05) is 25.5 Å². The van der Waals surface area contributed by atoms with Crippen molar-refractivity contribution in [1.82, 2.24) is 57.5 Å². The first kappa shape index (κ1) is 87.7. The van der Waals surface area contributed by atoms with E-state index in [9.17, 15) is 60.3 Å². The van der Waals surface area contributed by atoms with E-state index in [4.69, 9.17) is 63.1 Å². The summed E-state index contributed by atoms with van der Waals surface area (Å²) < 4.78 is 40.2. The number of anilines is 1. The molecule has 22 N–H and O–H groups in total. The number of nitrogens with two attached hydrogens (primary N) is 2. The van der Waals surface area contributed by atoms with Gasteiger partial charge >= 0.3 is 0 Å². The van der Waals surface area contributed by atoms with Crippen molar-refractivity contribution in [3.63, 3.8) is 0 Å². The number of fused-ring (bicyclic) bond motifs is 15. The van der Waals surface area contributed by atoms with E-state index < -0.39 is 250 Å². The monoisotopic (exact) mass is 1720 g/mol. The van der Waals surface area contributed by atoms with Crippen molar-refractivity contribution in [2.24, 2.45) is 17.4 Å². The average molecular weight is 1720 g/mol. The Kier molecular flexibility index (Phi) is 26.3. The summed E-state index contributed by atoms with van der Waals surface area (Å²) >= 11 is 14.3. The summed E-state index contributed by atoms with van der Waals surface area (Å²) in [5, 5.41) is 136. The number of para-hydroxylation sites is 1. The molecule has 38 nitrogen and oxygen atoms in total. The number of phenols is 3. The number of primary amides is 1. The third-order valence-electron chi connectivity index (χ3n) is 21.2. The zero-order valence-corrected chi connectivity index (χ0v) is 67.1. The smallest absolute Gasteiger partial charge is 0.248 e. The number of hydrogen-bond acceptors (Lipinski definition) is 28. The van der Waals surface area contributed by atoms with Crippen LogP contribution < -0.4 is 73.5 Å². The fourth-order valence-electron chi connectivity index (χ4n) is 14.8. The number of carbonyl (C=O) groups is 9. The van der Waals surface area contributed by atoms with Crippen LogP contribution in [0.3, 0.4) is 0 Å². The highest BCUT2D eigenvalue weighted by Gasteiger charge is 2.52. The van der Waals surface area contributed by atoms with Crippen LogP contribution in [0.5, 0.6) is 46.0 Å². The summed E-state index contributed by atoms with van der Waals surface area (Å²) in [6.07, 6.45) is -17.1. The van der Waals surface area contributed by atoms with E-state index in [1.807, 2.05) is 44.2 Å². The lowest BCUT2D eigenvalue weighted by atomic mass is 9.86. The van der Waals surface area contributed by atoms with E-state index in [1.165, 1.54) is 33.0 Å². The first-order valence-corrected chi connectivity index (χ1v) is 39.2. The Balaban J connectivity index is 0.953. The quantitative estimate of drug-likeness (QED) is 0.0584. The van der Waals surface area contributed by atoms with Gasteiger partial charge in [0.2, 0.25) is 65.2 Å². The summed E-state index contributed by atoms with van der Waals surface area (Å²) in [5.41, 5.74) is 10.2. The molecule has 7 aliphatic heterocycles. The number of aromatic hydroxyl groups is 3. The third kappa shape index (κ3) is 19.1. The minimum atomic E-state index is -2.38. The number of rotatable bonds is 18. The summed E-state index contributed by atoms with van der Waals surface area (Å²) in [5.74, 6) is -16.4. The fourth-order valence-corrected chi connectivity index (χ4v) is 15.3. The van der Waals surface area contributed by atoms with Gasteiger partial charge in [-0.05, 0) is 140 Å². The average Bonchev–Trinajstić information content (AvgIpc) is 0.840. The largest absolute Gasteiger partial charge is 0.508 e.